The van der Waals surface area contributed by atoms with Gasteiger partial charge < -0.3 is 9.26 Å². The Balaban J connectivity index is 1.97. The molecule has 180 valence electrons. The Morgan fingerprint density at radius 3 is 2.46 bits per heavy atom. The van der Waals surface area contributed by atoms with Crippen molar-refractivity contribution in [2.24, 2.45) is 0 Å². The monoisotopic (exact) mass is 510 g/mol. The fraction of sp³-hybridized carbons (Fsp3) is 0.0952. The number of aromatic nitrogens is 3. The Morgan fingerprint density at radius 2 is 1.89 bits per heavy atom. The number of hydrogen-bond acceptors (Lipinski definition) is 7. The average Bonchev–Trinajstić information content (AvgIpc) is 3.43. The topological polar surface area (TPSA) is 113 Å². The standard InChI is InChI=1S/C21H11ClF4N4O5/c1-34-20(31)16-17(15-13(22)3-2-4-14(15)23)28-35-18(16)12-9-27-29(19(12)21(24,25)26)10-5-7-11(8-6-10)30(32)33/h2-9H,1H3. The molecule has 2 aromatic carbocycles. The second-order valence-electron chi connectivity index (χ2n) is 6.91. The molecule has 2 aromatic heterocycles. The van der Waals surface area contributed by atoms with E-state index in [-0.39, 0.29) is 22.0 Å². The van der Waals surface area contributed by atoms with Gasteiger partial charge in [0, 0.05) is 12.1 Å². The number of methoxy groups -OCH3 is 1. The first-order valence-electron chi connectivity index (χ1n) is 9.47. The summed E-state index contributed by atoms with van der Waals surface area (Å²) in [6, 6.07) is 7.74. The van der Waals surface area contributed by atoms with Gasteiger partial charge in [0.15, 0.2) is 11.5 Å². The Kier molecular flexibility index (Phi) is 6.03. The SMILES string of the molecule is COC(=O)c1c(-c2c(F)cccc2Cl)noc1-c1cnn(-c2ccc([N+](=O)[O-])cc2)c1C(F)(F)F. The summed E-state index contributed by atoms with van der Waals surface area (Å²) in [6.45, 7) is 0. The number of hydrogen-bond donors (Lipinski definition) is 0. The molecule has 0 saturated carbocycles. The third-order valence-electron chi connectivity index (χ3n) is 4.87. The fourth-order valence-electron chi connectivity index (χ4n) is 3.36. The molecule has 0 radical (unpaired) electrons. The molecular weight excluding hydrogens is 500 g/mol. The molecule has 4 aromatic rings. The number of non-ortho nitro benzene ring substituents is 1. The number of carbonyl (C=O) groups is 1. The number of halogens is 5. The molecule has 0 aliphatic carbocycles. The van der Waals surface area contributed by atoms with E-state index in [0.717, 1.165) is 43.6 Å². The minimum atomic E-state index is -5.04. The first-order valence-corrected chi connectivity index (χ1v) is 9.85. The molecule has 0 spiro atoms. The average molecular weight is 511 g/mol. The molecular formula is C21H11ClF4N4O5. The van der Waals surface area contributed by atoms with Crippen LogP contribution < -0.4 is 0 Å². The number of carbonyl (C=O) groups excluding carboxylic acids is 1. The van der Waals surface area contributed by atoms with E-state index >= 15 is 0 Å². The summed E-state index contributed by atoms with van der Waals surface area (Å²) >= 11 is 6.04. The first kappa shape index (κ1) is 23.9. The van der Waals surface area contributed by atoms with E-state index in [2.05, 4.69) is 15.0 Å². The maximum absolute atomic E-state index is 14.5. The number of esters is 1. The van der Waals surface area contributed by atoms with E-state index in [1.54, 1.807) is 0 Å². The number of benzene rings is 2. The number of alkyl halides is 3. The van der Waals surface area contributed by atoms with Crippen LogP contribution in [0.25, 0.3) is 28.3 Å². The highest BCUT2D eigenvalue weighted by atomic mass is 35.5. The van der Waals surface area contributed by atoms with Crippen LogP contribution in [0.15, 0.2) is 53.2 Å². The molecule has 2 heterocycles. The summed E-state index contributed by atoms with van der Waals surface area (Å²) < 4.78 is 67.2. The van der Waals surface area contributed by atoms with Crippen LogP contribution in [-0.4, -0.2) is 32.9 Å². The van der Waals surface area contributed by atoms with E-state index < -0.39 is 51.2 Å². The smallest absolute Gasteiger partial charge is 0.434 e. The van der Waals surface area contributed by atoms with Crippen molar-refractivity contribution in [1.29, 1.82) is 0 Å². The number of ether oxygens (including phenoxy) is 1. The Morgan fingerprint density at radius 1 is 1.20 bits per heavy atom. The summed E-state index contributed by atoms with van der Waals surface area (Å²) in [5.41, 5.74) is -4.03. The van der Waals surface area contributed by atoms with Crippen molar-refractivity contribution in [2.75, 3.05) is 7.11 Å². The number of nitrogens with zero attached hydrogens (tertiary/aromatic N) is 4. The second-order valence-corrected chi connectivity index (χ2v) is 7.32. The highest BCUT2D eigenvalue weighted by Crippen LogP contribution is 2.43. The predicted octanol–water partition coefficient (Wildman–Crippen LogP) is 5.70. The molecule has 35 heavy (non-hydrogen) atoms. The molecule has 0 saturated heterocycles. The van der Waals surface area contributed by atoms with Crippen LogP contribution in [0.4, 0.5) is 23.2 Å². The molecule has 0 N–H and O–H groups in total. The van der Waals surface area contributed by atoms with Crippen molar-refractivity contribution in [2.45, 2.75) is 6.18 Å². The first-order chi connectivity index (χ1) is 16.5. The molecule has 0 atom stereocenters. The third kappa shape index (κ3) is 4.21. The van der Waals surface area contributed by atoms with E-state index in [9.17, 15) is 32.5 Å². The zero-order chi connectivity index (χ0) is 25.5. The van der Waals surface area contributed by atoms with Gasteiger partial charge in [-0.25, -0.2) is 13.9 Å². The lowest BCUT2D eigenvalue weighted by Crippen LogP contribution is -2.15. The minimum absolute atomic E-state index is 0.161. The zero-order valence-corrected chi connectivity index (χ0v) is 18.1. The zero-order valence-electron chi connectivity index (χ0n) is 17.3. The largest absolute Gasteiger partial charge is 0.465 e. The molecule has 0 aliphatic heterocycles. The molecule has 0 aliphatic rings. The Hall–Kier alpha value is -4.26. The normalized spacial score (nSPS) is 11.5. The number of nitro groups is 1. The highest BCUT2D eigenvalue weighted by molar-refractivity contribution is 6.33. The summed E-state index contributed by atoms with van der Waals surface area (Å²) in [6.07, 6.45) is -4.27. The summed E-state index contributed by atoms with van der Waals surface area (Å²) in [5.74, 6) is -2.75. The van der Waals surface area contributed by atoms with Crippen LogP contribution in [0.5, 0.6) is 0 Å². The maximum atomic E-state index is 14.5. The van der Waals surface area contributed by atoms with E-state index in [0.29, 0.717) is 4.68 Å². The number of nitro benzene ring substituents is 1. The van der Waals surface area contributed by atoms with E-state index in [1.165, 1.54) is 12.1 Å². The van der Waals surface area contributed by atoms with Crippen molar-refractivity contribution < 1.29 is 36.5 Å². The third-order valence-corrected chi connectivity index (χ3v) is 5.18. The van der Waals surface area contributed by atoms with Crippen LogP contribution in [0.3, 0.4) is 0 Å². The van der Waals surface area contributed by atoms with Gasteiger partial charge in [-0.3, -0.25) is 10.1 Å². The van der Waals surface area contributed by atoms with Gasteiger partial charge in [0.1, 0.15) is 17.1 Å². The van der Waals surface area contributed by atoms with Gasteiger partial charge in [-0.05, 0) is 24.3 Å². The van der Waals surface area contributed by atoms with Crippen molar-refractivity contribution in [1.82, 2.24) is 14.9 Å². The Labute approximate surface area is 197 Å². The summed E-state index contributed by atoms with van der Waals surface area (Å²) in [5, 5.41) is 18.0. The van der Waals surface area contributed by atoms with Gasteiger partial charge in [-0.15, -0.1) is 0 Å². The predicted molar refractivity (Wildman–Crippen MR) is 112 cm³/mol. The number of rotatable bonds is 5. The van der Waals surface area contributed by atoms with E-state index in [4.69, 9.17) is 16.1 Å². The van der Waals surface area contributed by atoms with Gasteiger partial charge in [0.2, 0.25) is 0 Å². The quantitative estimate of drug-likeness (QED) is 0.146. The van der Waals surface area contributed by atoms with Crippen molar-refractivity contribution in [3.63, 3.8) is 0 Å². The van der Waals surface area contributed by atoms with Gasteiger partial charge in [-0.1, -0.05) is 22.8 Å². The maximum Gasteiger partial charge on any atom is 0.434 e. The molecule has 9 nitrogen and oxygen atoms in total. The van der Waals surface area contributed by atoms with Crippen LogP contribution in [-0.2, 0) is 10.9 Å². The minimum Gasteiger partial charge on any atom is -0.465 e. The van der Waals surface area contributed by atoms with Crippen molar-refractivity contribution in [3.05, 3.63) is 80.9 Å². The molecule has 0 amide bonds. The second kappa shape index (κ2) is 8.83. The lowest BCUT2D eigenvalue weighted by atomic mass is 10.0. The van der Waals surface area contributed by atoms with Crippen LogP contribution in [0, 0.1) is 15.9 Å². The molecule has 14 heteroatoms. The van der Waals surface area contributed by atoms with Crippen molar-refractivity contribution >= 4 is 23.3 Å². The molecule has 0 unspecified atom stereocenters. The van der Waals surface area contributed by atoms with Crippen LogP contribution in [0.2, 0.25) is 5.02 Å². The molecule has 0 bridgehead atoms. The lowest BCUT2D eigenvalue weighted by molar-refractivity contribution is -0.384. The summed E-state index contributed by atoms with van der Waals surface area (Å²) in [4.78, 5) is 22.7. The van der Waals surface area contributed by atoms with Gasteiger partial charge in [-0.2, -0.15) is 18.3 Å². The van der Waals surface area contributed by atoms with E-state index in [1.807, 2.05) is 0 Å². The highest BCUT2D eigenvalue weighted by Gasteiger charge is 2.42. The summed E-state index contributed by atoms with van der Waals surface area (Å²) in [7, 11) is 0.969. The van der Waals surface area contributed by atoms with Gasteiger partial charge >= 0.3 is 12.1 Å². The lowest BCUT2D eigenvalue weighted by Gasteiger charge is -2.12. The van der Waals surface area contributed by atoms with Crippen LogP contribution in [0.1, 0.15) is 16.1 Å². The van der Waals surface area contributed by atoms with Crippen molar-refractivity contribution in [3.8, 4) is 28.3 Å². The fourth-order valence-corrected chi connectivity index (χ4v) is 3.61. The van der Waals surface area contributed by atoms with Gasteiger partial charge in [0.25, 0.3) is 5.69 Å². The Bertz CT molecular complexity index is 1430. The molecule has 0 fully saturated rings. The van der Waals surface area contributed by atoms with Gasteiger partial charge in [0.05, 0.1) is 40.1 Å². The molecule has 4 rings (SSSR count). The van der Waals surface area contributed by atoms with Crippen LogP contribution >= 0.6 is 11.6 Å².